The average Bonchev–Trinajstić information content (AvgIpc) is 3.90. The molecule has 0 amide bonds. The molecular formula is C53H32N2O. The Morgan fingerprint density at radius 1 is 0.357 bits per heavy atom. The molecule has 2 heterocycles. The number of nitrogens with zero attached hydrogens (tertiary/aromatic N) is 2. The predicted octanol–water partition coefficient (Wildman–Crippen LogP) is 13.4. The lowest BCUT2D eigenvalue weighted by Crippen LogP contribution is -2.26. The van der Waals surface area contributed by atoms with Gasteiger partial charge in [0.05, 0.1) is 5.41 Å². The normalized spacial score (nSPS) is 13.1. The summed E-state index contributed by atoms with van der Waals surface area (Å²) in [6.07, 6.45) is 0. The van der Waals surface area contributed by atoms with Crippen LogP contribution < -0.4 is 0 Å². The monoisotopic (exact) mass is 712 g/mol. The highest BCUT2D eigenvalue weighted by molar-refractivity contribution is 6.08. The van der Waals surface area contributed by atoms with Gasteiger partial charge in [-0.05, 0) is 91.0 Å². The maximum absolute atomic E-state index is 6.61. The van der Waals surface area contributed by atoms with Gasteiger partial charge in [0.1, 0.15) is 16.8 Å². The molecular weight excluding hydrogens is 681 g/mol. The Bertz CT molecular complexity index is 3140. The highest BCUT2D eigenvalue weighted by atomic mass is 16.3. The van der Waals surface area contributed by atoms with Crippen LogP contribution >= 0.6 is 0 Å². The van der Waals surface area contributed by atoms with Gasteiger partial charge in [-0.15, -0.1) is 0 Å². The summed E-state index contributed by atoms with van der Waals surface area (Å²) in [5.41, 5.74) is 19.7. The van der Waals surface area contributed by atoms with Crippen LogP contribution in [0.1, 0.15) is 22.3 Å². The van der Waals surface area contributed by atoms with E-state index in [-0.39, 0.29) is 0 Å². The number of aromatic nitrogens is 2. The van der Waals surface area contributed by atoms with Crippen molar-refractivity contribution in [1.29, 1.82) is 0 Å². The van der Waals surface area contributed by atoms with Gasteiger partial charge >= 0.3 is 0 Å². The first-order valence-electron chi connectivity index (χ1n) is 19.2. The predicted molar refractivity (Wildman–Crippen MR) is 227 cm³/mol. The van der Waals surface area contributed by atoms with Crippen LogP contribution in [0.25, 0.3) is 89.2 Å². The van der Waals surface area contributed by atoms with Crippen LogP contribution in [0, 0.1) is 0 Å². The van der Waals surface area contributed by atoms with Crippen molar-refractivity contribution < 1.29 is 4.42 Å². The zero-order valence-corrected chi connectivity index (χ0v) is 30.3. The number of hydrogen-bond donors (Lipinski definition) is 0. The molecule has 0 fully saturated rings. The third-order valence-electron chi connectivity index (χ3n) is 11.9. The Hall–Kier alpha value is -7.36. The van der Waals surface area contributed by atoms with Crippen molar-refractivity contribution >= 4 is 22.1 Å². The molecule has 10 aromatic rings. The van der Waals surface area contributed by atoms with Crippen molar-refractivity contribution in [2.45, 2.75) is 5.41 Å². The van der Waals surface area contributed by atoms with Crippen molar-refractivity contribution in [1.82, 2.24) is 9.97 Å². The molecule has 0 aliphatic heterocycles. The molecule has 3 nitrogen and oxygen atoms in total. The van der Waals surface area contributed by atoms with Crippen molar-refractivity contribution in [3.63, 3.8) is 0 Å². The minimum absolute atomic E-state index is 0.465. The van der Waals surface area contributed by atoms with Crippen molar-refractivity contribution in [3.8, 4) is 67.2 Å². The van der Waals surface area contributed by atoms with E-state index in [1.165, 1.54) is 55.6 Å². The van der Waals surface area contributed by atoms with E-state index in [1.54, 1.807) is 0 Å². The van der Waals surface area contributed by atoms with Gasteiger partial charge in [0, 0.05) is 16.5 Å². The molecule has 3 heteroatoms. The zero-order chi connectivity index (χ0) is 36.8. The molecule has 0 N–H and O–H groups in total. The summed E-state index contributed by atoms with van der Waals surface area (Å²) in [7, 11) is 0. The molecule has 0 saturated heterocycles. The molecule has 0 atom stereocenters. The molecule has 0 radical (unpaired) electrons. The van der Waals surface area contributed by atoms with Crippen LogP contribution in [-0.4, -0.2) is 9.97 Å². The number of rotatable bonds is 4. The Balaban J connectivity index is 1.09. The fourth-order valence-corrected chi connectivity index (χ4v) is 9.46. The first-order chi connectivity index (χ1) is 27.8. The maximum Gasteiger partial charge on any atom is 0.180 e. The summed E-state index contributed by atoms with van der Waals surface area (Å²) in [5, 5.41) is 0.969. The summed E-state index contributed by atoms with van der Waals surface area (Å²) >= 11 is 0. The van der Waals surface area contributed by atoms with E-state index >= 15 is 0 Å². The summed E-state index contributed by atoms with van der Waals surface area (Å²) in [6, 6.07) is 69.8. The number of benzene rings is 8. The third-order valence-corrected chi connectivity index (χ3v) is 11.9. The molecule has 56 heavy (non-hydrogen) atoms. The van der Waals surface area contributed by atoms with Gasteiger partial charge in [0.15, 0.2) is 11.4 Å². The highest BCUT2D eigenvalue weighted by Gasteiger charge is 2.51. The van der Waals surface area contributed by atoms with Crippen LogP contribution in [0.4, 0.5) is 0 Å². The van der Waals surface area contributed by atoms with E-state index in [2.05, 4.69) is 158 Å². The van der Waals surface area contributed by atoms with E-state index in [9.17, 15) is 0 Å². The maximum atomic E-state index is 6.61. The van der Waals surface area contributed by atoms with Crippen molar-refractivity contribution in [3.05, 3.63) is 216 Å². The number of fused-ring (bicyclic) bond motifs is 13. The summed E-state index contributed by atoms with van der Waals surface area (Å²) < 4.78 is 6.61. The molecule has 0 bridgehead atoms. The fraction of sp³-hybridized carbons (Fsp3) is 0.0189. The number of hydrogen-bond acceptors (Lipinski definition) is 3. The van der Waals surface area contributed by atoms with Crippen LogP contribution in [0.2, 0.25) is 0 Å². The Labute approximate surface area is 324 Å². The van der Waals surface area contributed by atoms with Crippen LogP contribution in [0.15, 0.2) is 199 Å². The summed E-state index contributed by atoms with van der Waals surface area (Å²) in [4.78, 5) is 10.3. The van der Waals surface area contributed by atoms with E-state index in [0.717, 1.165) is 44.4 Å². The lowest BCUT2D eigenvalue weighted by molar-refractivity contribution is 0.667. The smallest absolute Gasteiger partial charge is 0.180 e. The zero-order valence-electron chi connectivity index (χ0n) is 30.3. The highest BCUT2D eigenvalue weighted by Crippen LogP contribution is 2.63. The van der Waals surface area contributed by atoms with Crippen LogP contribution in [0.5, 0.6) is 0 Å². The first-order valence-corrected chi connectivity index (χ1v) is 19.2. The van der Waals surface area contributed by atoms with Gasteiger partial charge in [0.25, 0.3) is 0 Å². The molecule has 260 valence electrons. The molecule has 8 aromatic carbocycles. The fourth-order valence-electron chi connectivity index (χ4n) is 9.46. The van der Waals surface area contributed by atoms with Gasteiger partial charge in [-0.25, -0.2) is 9.97 Å². The van der Waals surface area contributed by atoms with E-state index in [4.69, 9.17) is 14.4 Å². The minimum atomic E-state index is -0.465. The largest absolute Gasteiger partial charge is 0.452 e. The van der Waals surface area contributed by atoms with Crippen molar-refractivity contribution in [2.24, 2.45) is 0 Å². The Kier molecular flexibility index (Phi) is 6.55. The molecule has 2 aliphatic carbocycles. The lowest BCUT2D eigenvalue weighted by Gasteiger charge is -2.31. The molecule has 12 rings (SSSR count). The van der Waals surface area contributed by atoms with Gasteiger partial charge in [-0.1, -0.05) is 170 Å². The SMILES string of the molecule is c1ccc(-c2ccc3c(c2)C2(c4ccccc4-c4ccccc42)c2cc(-c4ccc5oc6c(-c7ccccc7)nc(-c7ccccc7)nc6c5c4)ccc2-3)cc1. The average molecular weight is 713 g/mol. The van der Waals surface area contributed by atoms with E-state index in [0.29, 0.717) is 11.4 Å². The second kappa shape index (κ2) is 11.8. The molecule has 0 saturated carbocycles. The molecule has 0 unspecified atom stereocenters. The molecule has 1 spiro atoms. The second-order valence-corrected chi connectivity index (χ2v) is 14.8. The Morgan fingerprint density at radius 2 is 0.839 bits per heavy atom. The van der Waals surface area contributed by atoms with Gasteiger partial charge in [0.2, 0.25) is 0 Å². The summed E-state index contributed by atoms with van der Waals surface area (Å²) in [5.74, 6) is 0.677. The summed E-state index contributed by atoms with van der Waals surface area (Å²) in [6.45, 7) is 0. The van der Waals surface area contributed by atoms with Gasteiger partial charge < -0.3 is 4.42 Å². The molecule has 2 aromatic heterocycles. The topological polar surface area (TPSA) is 38.9 Å². The first kappa shape index (κ1) is 31.0. The van der Waals surface area contributed by atoms with Gasteiger partial charge in [-0.2, -0.15) is 0 Å². The van der Waals surface area contributed by atoms with Crippen LogP contribution in [-0.2, 0) is 5.41 Å². The number of furan rings is 1. The van der Waals surface area contributed by atoms with E-state index in [1.807, 2.05) is 36.4 Å². The third kappa shape index (κ3) is 4.34. The quantitative estimate of drug-likeness (QED) is 0.182. The lowest BCUT2D eigenvalue weighted by atomic mass is 9.70. The minimum Gasteiger partial charge on any atom is -0.452 e. The molecule has 2 aliphatic rings. The van der Waals surface area contributed by atoms with E-state index < -0.39 is 5.41 Å². The standard InChI is InChI=1S/C53H32N2O/c1-4-14-33(15-5-1)37-24-27-41-42-28-25-38(32-47(42)53(46(41)31-37)44-22-12-10-20-39(44)40-21-11-13-23-45(40)53)36-26-29-48-43(30-36)50-51(56-48)49(34-16-6-2-7-17-34)54-52(55-50)35-18-8-3-9-19-35/h1-32H. The van der Waals surface area contributed by atoms with Crippen molar-refractivity contribution in [2.75, 3.05) is 0 Å². The second-order valence-electron chi connectivity index (χ2n) is 14.8. The van der Waals surface area contributed by atoms with Crippen LogP contribution in [0.3, 0.4) is 0 Å². The van der Waals surface area contributed by atoms with Gasteiger partial charge in [-0.3, -0.25) is 0 Å². The Morgan fingerprint density at radius 3 is 1.46 bits per heavy atom.